The summed E-state index contributed by atoms with van der Waals surface area (Å²) in [5.41, 5.74) is 1.88. The van der Waals surface area contributed by atoms with Crippen LogP contribution in [-0.4, -0.2) is 37.4 Å². The molecule has 1 atom stereocenters. The fraction of sp³-hybridized carbons (Fsp3) is 0.462. The summed E-state index contributed by atoms with van der Waals surface area (Å²) in [6, 6.07) is 3.89. The summed E-state index contributed by atoms with van der Waals surface area (Å²) >= 11 is 0. The number of ether oxygens (including phenoxy) is 1. The highest BCUT2D eigenvalue weighted by molar-refractivity contribution is 5.73. The van der Waals surface area contributed by atoms with E-state index in [4.69, 9.17) is 9.84 Å². The number of aryl methyl sites for hydroxylation is 1. The van der Waals surface area contributed by atoms with Gasteiger partial charge in [0, 0.05) is 13.7 Å². The van der Waals surface area contributed by atoms with Crippen LogP contribution in [0.25, 0.3) is 0 Å². The molecule has 0 radical (unpaired) electrons. The Balaban J connectivity index is 2.47. The van der Waals surface area contributed by atoms with Crippen molar-refractivity contribution in [1.82, 2.24) is 5.32 Å². The van der Waals surface area contributed by atoms with E-state index in [-0.39, 0.29) is 12.4 Å². The number of nitrogens with one attached hydrogen (secondary N) is 1. The molecule has 0 amide bonds. The zero-order chi connectivity index (χ0) is 13.5. The van der Waals surface area contributed by atoms with E-state index in [9.17, 15) is 9.18 Å². The number of rotatable bonds is 7. The van der Waals surface area contributed by atoms with Crippen molar-refractivity contribution in [2.45, 2.75) is 19.4 Å². The Kier molecular flexibility index (Phi) is 5.74. The molecule has 2 N–H and O–H groups in total. The second-order valence-corrected chi connectivity index (χ2v) is 4.12. The fourth-order valence-corrected chi connectivity index (χ4v) is 1.71. The summed E-state index contributed by atoms with van der Waals surface area (Å²) in [6.07, 6.45) is 0.652. The van der Waals surface area contributed by atoms with Crippen LogP contribution in [0.3, 0.4) is 0 Å². The van der Waals surface area contributed by atoms with E-state index in [2.05, 4.69) is 5.32 Å². The number of carboxylic acids is 1. The molecule has 100 valence electrons. The molecule has 0 heterocycles. The molecular weight excluding hydrogens is 237 g/mol. The van der Waals surface area contributed by atoms with Crippen molar-refractivity contribution in [2.24, 2.45) is 0 Å². The Labute approximate surface area is 106 Å². The molecule has 0 bridgehead atoms. The van der Waals surface area contributed by atoms with Crippen LogP contribution < -0.4 is 5.32 Å². The minimum Gasteiger partial charge on any atom is -0.480 e. The summed E-state index contributed by atoms with van der Waals surface area (Å²) < 4.78 is 17.7. The second kappa shape index (κ2) is 7.08. The Morgan fingerprint density at radius 1 is 1.56 bits per heavy atom. The van der Waals surface area contributed by atoms with Crippen LogP contribution in [0.1, 0.15) is 11.1 Å². The standard InChI is InChI=1S/C13H18FNO3/c1-9-7-11(14)4-3-10(9)5-6-15-12(8-18-2)13(16)17/h3-4,7,12,15H,5-6,8H2,1-2H3,(H,16,17). The average molecular weight is 255 g/mol. The van der Waals surface area contributed by atoms with Crippen molar-refractivity contribution in [1.29, 1.82) is 0 Å². The predicted octanol–water partition coefficient (Wildman–Crippen LogP) is 1.37. The summed E-state index contributed by atoms with van der Waals surface area (Å²) in [6.45, 7) is 2.47. The van der Waals surface area contributed by atoms with Gasteiger partial charge >= 0.3 is 5.97 Å². The van der Waals surface area contributed by atoms with Crippen LogP contribution in [0, 0.1) is 12.7 Å². The predicted molar refractivity (Wildman–Crippen MR) is 66.1 cm³/mol. The van der Waals surface area contributed by atoms with Crippen molar-refractivity contribution < 1.29 is 19.0 Å². The van der Waals surface area contributed by atoms with Gasteiger partial charge in [0.2, 0.25) is 0 Å². The normalized spacial score (nSPS) is 12.4. The van der Waals surface area contributed by atoms with Crippen molar-refractivity contribution in [3.8, 4) is 0 Å². The SMILES string of the molecule is COCC(NCCc1ccc(F)cc1C)C(=O)O. The molecule has 0 aliphatic heterocycles. The van der Waals surface area contributed by atoms with E-state index >= 15 is 0 Å². The smallest absolute Gasteiger partial charge is 0.323 e. The van der Waals surface area contributed by atoms with Crippen molar-refractivity contribution >= 4 is 5.97 Å². The van der Waals surface area contributed by atoms with Gasteiger partial charge in [0.15, 0.2) is 0 Å². The molecule has 0 fully saturated rings. The highest BCUT2D eigenvalue weighted by Crippen LogP contribution is 2.10. The fourth-order valence-electron chi connectivity index (χ4n) is 1.71. The molecule has 0 saturated heterocycles. The first-order valence-electron chi connectivity index (χ1n) is 5.74. The third-order valence-electron chi connectivity index (χ3n) is 2.72. The maximum absolute atomic E-state index is 12.9. The van der Waals surface area contributed by atoms with Gasteiger partial charge in [-0.25, -0.2) is 4.39 Å². The largest absolute Gasteiger partial charge is 0.480 e. The Hall–Kier alpha value is -1.46. The lowest BCUT2D eigenvalue weighted by Gasteiger charge is -2.13. The number of carboxylic acid groups (broad SMARTS) is 1. The molecule has 18 heavy (non-hydrogen) atoms. The first-order chi connectivity index (χ1) is 8.54. The highest BCUT2D eigenvalue weighted by Gasteiger charge is 2.15. The van der Waals surface area contributed by atoms with Gasteiger partial charge in [-0.05, 0) is 36.6 Å². The lowest BCUT2D eigenvalue weighted by molar-refractivity contribution is -0.140. The number of benzene rings is 1. The van der Waals surface area contributed by atoms with E-state index in [0.29, 0.717) is 13.0 Å². The quantitative estimate of drug-likeness (QED) is 0.772. The monoisotopic (exact) mass is 255 g/mol. The number of methoxy groups -OCH3 is 1. The van der Waals surface area contributed by atoms with Crippen LogP contribution in [0.4, 0.5) is 4.39 Å². The van der Waals surface area contributed by atoms with Crippen molar-refractivity contribution in [2.75, 3.05) is 20.3 Å². The van der Waals surface area contributed by atoms with E-state index in [1.54, 1.807) is 6.07 Å². The molecule has 1 unspecified atom stereocenters. The molecule has 4 nitrogen and oxygen atoms in total. The molecule has 0 aromatic heterocycles. The molecule has 1 rings (SSSR count). The van der Waals surface area contributed by atoms with Crippen LogP contribution in [0.2, 0.25) is 0 Å². The van der Waals surface area contributed by atoms with Gasteiger partial charge in [-0.1, -0.05) is 6.07 Å². The zero-order valence-corrected chi connectivity index (χ0v) is 10.6. The molecule has 5 heteroatoms. The molecule has 0 aliphatic carbocycles. The van der Waals surface area contributed by atoms with Gasteiger partial charge in [0.05, 0.1) is 6.61 Å². The minimum atomic E-state index is -0.937. The topological polar surface area (TPSA) is 58.6 Å². The molecule has 0 spiro atoms. The van der Waals surface area contributed by atoms with E-state index in [1.165, 1.54) is 19.2 Å². The van der Waals surface area contributed by atoms with E-state index < -0.39 is 12.0 Å². The van der Waals surface area contributed by atoms with Crippen LogP contribution >= 0.6 is 0 Å². The van der Waals surface area contributed by atoms with Gasteiger partial charge < -0.3 is 15.2 Å². The van der Waals surface area contributed by atoms with Crippen LogP contribution in [0.15, 0.2) is 18.2 Å². The summed E-state index contributed by atoms with van der Waals surface area (Å²) in [5, 5.41) is 11.8. The maximum Gasteiger partial charge on any atom is 0.323 e. The number of hydrogen-bond acceptors (Lipinski definition) is 3. The summed E-state index contributed by atoms with van der Waals surface area (Å²) in [7, 11) is 1.46. The molecular formula is C13H18FNO3. The average Bonchev–Trinajstić information content (AvgIpc) is 2.30. The van der Waals surface area contributed by atoms with Gasteiger partial charge in [-0.3, -0.25) is 4.79 Å². The number of aliphatic carboxylic acids is 1. The summed E-state index contributed by atoms with van der Waals surface area (Å²) in [4.78, 5) is 10.9. The van der Waals surface area contributed by atoms with Crippen molar-refractivity contribution in [3.63, 3.8) is 0 Å². The minimum absolute atomic E-state index is 0.123. The Morgan fingerprint density at radius 3 is 2.83 bits per heavy atom. The van der Waals surface area contributed by atoms with Gasteiger partial charge in [-0.15, -0.1) is 0 Å². The highest BCUT2D eigenvalue weighted by atomic mass is 19.1. The first-order valence-corrected chi connectivity index (χ1v) is 5.74. The third-order valence-corrected chi connectivity index (χ3v) is 2.72. The first kappa shape index (κ1) is 14.6. The number of halogens is 1. The lowest BCUT2D eigenvalue weighted by atomic mass is 10.1. The Bertz CT molecular complexity index is 409. The molecule has 0 saturated carbocycles. The van der Waals surface area contributed by atoms with Gasteiger partial charge in [0.25, 0.3) is 0 Å². The van der Waals surface area contributed by atoms with E-state index in [0.717, 1.165) is 11.1 Å². The van der Waals surface area contributed by atoms with Gasteiger partial charge in [0.1, 0.15) is 11.9 Å². The zero-order valence-electron chi connectivity index (χ0n) is 10.6. The Morgan fingerprint density at radius 2 is 2.28 bits per heavy atom. The third kappa shape index (κ3) is 4.43. The lowest BCUT2D eigenvalue weighted by Crippen LogP contribution is -2.41. The molecule has 1 aromatic carbocycles. The number of carbonyl (C=O) groups is 1. The molecule has 1 aromatic rings. The number of hydrogen-bond donors (Lipinski definition) is 2. The van der Waals surface area contributed by atoms with Crippen molar-refractivity contribution in [3.05, 3.63) is 35.1 Å². The van der Waals surface area contributed by atoms with Crippen LogP contribution in [-0.2, 0) is 16.0 Å². The molecule has 0 aliphatic rings. The van der Waals surface area contributed by atoms with Crippen LogP contribution in [0.5, 0.6) is 0 Å². The van der Waals surface area contributed by atoms with E-state index in [1.807, 2.05) is 6.92 Å². The maximum atomic E-state index is 12.9. The second-order valence-electron chi connectivity index (χ2n) is 4.12. The van der Waals surface area contributed by atoms with Gasteiger partial charge in [-0.2, -0.15) is 0 Å². The summed E-state index contributed by atoms with van der Waals surface area (Å²) in [5.74, 6) is -1.19.